The van der Waals surface area contributed by atoms with Gasteiger partial charge in [-0.25, -0.2) is 0 Å². The summed E-state index contributed by atoms with van der Waals surface area (Å²) in [6, 6.07) is 0.226. The van der Waals surface area contributed by atoms with Crippen molar-refractivity contribution in [3.8, 4) is 0 Å². The maximum Gasteiger partial charge on any atom is 0.223 e. The molecule has 3 nitrogen and oxygen atoms in total. The summed E-state index contributed by atoms with van der Waals surface area (Å²) in [7, 11) is 0. The fourth-order valence-electron chi connectivity index (χ4n) is 2.96. The Hall–Kier alpha value is -0.570. The first-order valence-corrected chi connectivity index (χ1v) is 6.55. The molecule has 0 bridgehead atoms. The van der Waals surface area contributed by atoms with E-state index in [9.17, 15) is 4.79 Å². The number of rotatable bonds is 4. The van der Waals surface area contributed by atoms with Crippen LogP contribution in [0.1, 0.15) is 46.0 Å². The summed E-state index contributed by atoms with van der Waals surface area (Å²) in [4.78, 5) is 12.2. The predicted molar refractivity (Wildman–Crippen MR) is 64.8 cm³/mol. The highest BCUT2D eigenvalue weighted by atomic mass is 16.2. The number of carbonyl (C=O) groups excluding carboxylic acids is 1. The molecule has 0 spiro atoms. The van der Waals surface area contributed by atoms with E-state index in [0.29, 0.717) is 12.5 Å². The van der Waals surface area contributed by atoms with E-state index in [2.05, 4.69) is 19.2 Å². The van der Waals surface area contributed by atoms with Gasteiger partial charge in [0, 0.05) is 18.5 Å². The predicted octanol–water partition coefficient (Wildman–Crippen LogP) is 1.67. The summed E-state index contributed by atoms with van der Waals surface area (Å²) in [6.45, 7) is 5.00. The number of carbonyl (C=O) groups is 1. The van der Waals surface area contributed by atoms with Crippen LogP contribution >= 0.6 is 0 Å². The minimum absolute atomic E-state index is 0.173. The fraction of sp³-hybridized carbons (Fsp3) is 0.923. The minimum atomic E-state index is 0.173. The van der Waals surface area contributed by atoms with Crippen LogP contribution in [0.2, 0.25) is 0 Å². The Morgan fingerprint density at radius 2 is 2.12 bits per heavy atom. The number of amides is 1. The van der Waals surface area contributed by atoms with Gasteiger partial charge >= 0.3 is 0 Å². The quantitative estimate of drug-likeness (QED) is 0.763. The lowest BCUT2D eigenvalue weighted by Gasteiger charge is -2.28. The highest BCUT2D eigenvalue weighted by Crippen LogP contribution is 2.43. The Kier molecular flexibility index (Phi) is 3.24. The van der Waals surface area contributed by atoms with E-state index in [1.54, 1.807) is 0 Å². The normalized spacial score (nSPS) is 30.1. The fourth-order valence-corrected chi connectivity index (χ4v) is 2.96. The molecule has 0 aromatic heterocycles. The van der Waals surface area contributed by atoms with Crippen molar-refractivity contribution >= 4 is 5.91 Å². The van der Waals surface area contributed by atoms with E-state index in [1.807, 2.05) is 0 Å². The van der Waals surface area contributed by atoms with Crippen molar-refractivity contribution < 1.29 is 4.79 Å². The number of nitrogens with one attached hydrogen (secondary N) is 1. The van der Waals surface area contributed by atoms with E-state index >= 15 is 0 Å². The number of hydrogen-bond acceptors (Lipinski definition) is 2. The third-order valence-corrected chi connectivity index (χ3v) is 4.35. The van der Waals surface area contributed by atoms with Gasteiger partial charge in [-0.2, -0.15) is 0 Å². The van der Waals surface area contributed by atoms with Crippen LogP contribution in [0.25, 0.3) is 0 Å². The maximum absolute atomic E-state index is 12.2. The van der Waals surface area contributed by atoms with Crippen molar-refractivity contribution in [2.75, 3.05) is 6.54 Å². The largest absolute Gasteiger partial charge is 0.352 e. The third kappa shape index (κ3) is 2.40. The van der Waals surface area contributed by atoms with Gasteiger partial charge in [0.2, 0.25) is 5.91 Å². The molecule has 0 saturated heterocycles. The molecule has 0 aliphatic heterocycles. The van der Waals surface area contributed by atoms with E-state index in [1.165, 1.54) is 25.7 Å². The topological polar surface area (TPSA) is 55.1 Å². The van der Waals surface area contributed by atoms with Crippen LogP contribution in [0, 0.1) is 17.3 Å². The second kappa shape index (κ2) is 4.36. The van der Waals surface area contributed by atoms with E-state index in [-0.39, 0.29) is 23.3 Å². The van der Waals surface area contributed by atoms with E-state index in [0.717, 1.165) is 6.42 Å². The van der Waals surface area contributed by atoms with Crippen LogP contribution in [-0.2, 0) is 4.79 Å². The molecule has 2 rings (SSSR count). The van der Waals surface area contributed by atoms with Crippen molar-refractivity contribution in [3.05, 3.63) is 0 Å². The standard InChI is InChI=1S/C13H24N2O/c1-13(2)7-3-4-10(13)12(16)15-11(8-14)9-5-6-9/h9-11H,3-8,14H2,1-2H3,(H,15,16). The lowest BCUT2D eigenvalue weighted by Crippen LogP contribution is -2.46. The summed E-state index contributed by atoms with van der Waals surface area (Å²) in [6.07, 6.45) is 5.86. The molecule has 2 aliphatic carbocycles. The van der Waals surface area contributed by atoms with Crippen LogP contribution in [0.15, 0.2) is 0 Å². The summed E-state index contributed by atoms with van der Waals surface area (Å²) >= 11 is 0. The molecule has 92 valence electrons. The average molecular weight is 224 g/mol. The minimum Gasteiger partial charge on any atom is -0.352 e. The molecule has 2 fully saturated rings. The molecule has 2 aliphatic rings. The van der Waals surface area contributed by atoms with Crippen molar-refractivity contribution in [1.29, 1.82) is 0 Å². The SMILES string of the molecule is CC1(C)CCCC1C(=O)NC(CN)C1CC1. The van der Waals surface area contributed by atoms with Crippen molar-refractivity contribution in [1.82, 2.24) is 5.32 Å². The Morgan fingerprint density at radius 3 is 2.56 bits per heavy atom. The first kappa shape index (κ1) is 11.9. The smallest absolute Gasteiger partial charge is 0.223 e. The van der Waals surface area contributed by atoms with Gasteiger partial charge in [-0.05, 0) is 37.0 Å². The van der Waals surface area contributed by atoms with Crippen LogP contribution in [0.5, 0.6) is 0 Å². The molecule has 1 amide bonds. The lowest BCUT2D eigenvalue weighted by atomic mass is 9.81. The summed E-state index contributed by atoms with van der Waals surface area (Å²) in [5, 5.41) is 3.16. The molecule has 16 heavy (non-hydrogen) atoms. The van der Waals surface area contributed by atoms with Crippen molar-refractivity contribution in [2.24, 2.45) is 23.0 Å². The molecule has 3 N–H and O–H groups in total. The zero-order valence-corrected chi connectivity index (χ0v) is 10.5. The van der Waals surface area contributed by atoms with Crippen LogP contribution in [0.4, 0.5) is 0 Å². The molecule has 0 aromatic carbocycles. The van der Waals surface area contributed by atoms with Gasteiger partial charge in [0.15, 0.2) is 0 Å². The van der Waals surface area contributed by atoms with Crippen molar-refractivity contribution in [2.45, 2.75) is 52.0 Å². The highest BCUT2D eigenvalue weighted by Gasteiger charge is 2.41. The maximum atomic E-state index is 12.2. The van der Waals surface area contributed by atoms with Crippen molar-refractivity contribution in [3.63, 3.8) is 0 Å². The molecule has 2 atom stereocenters. The van der Waals surface area contributed by atoms with Gasteiger partial charge in [-0.1, -0.05) is 20.3 Å². The van der Waals surface area contributed by atoms with Crippen LogP contribution in [0.3, 0.4) is 0 Å². The molecule has 0 aromatic rings. The van der Waals surface area contributed by atoms with Gasteiger partial charge in [0.05, 0.1) is 0 Å². The molecule has 2 saturated carbocycles. The van der Waals surface area contributed by atoms with Crippen LogP contribution < -0.4 is 11.1 Å². The molecule has 2 unspecified atom stereocenters. The Bertz CT molecular complexity index is 271. The Morgan fingerprint density at radius 1 is 1.44 bits per heavy atom. The lowest BCUT2D eigenvalue weighted by molar-refractivity contribution is -0.128. The van der Waals surface area contributed by atoms with E-state index < -0.39 is 0 Å². The van der Waals surface area contributed by atoms with Gasteiger partial charge in [0.1, 0.15) is 0 Å². The first-order chi connectivity index (χ1) is 7.54. The average Bonchev–Trinajstić information content (AvgIpc) is 2.99. The Labute approximate surface area is 98.2 Å². The highest BCUT2D eigenvalue weighted by molar-refractivity contribution is 5.80. The van der Waals surface area contributed by atoms with E-state index in [4.69, 9.17) is 5.73 Å². The molecule has 3 heteroatoms. The molecular weight excluding hydrogens is 200 g/mol. The first-order valence-electron chi connectivity index (χ1n) is 6.55. The van der Waals surface area contributed by atoms with Crippen LogP contribution in [-0.4, -0.2) is 18.5 Å². The number of nitrogens with two attached hydrogens (primary N) is 1. The third-order valence-electron chi connectivity index (χ3n) is 4.35. The van der Waals surface area contributed by atoms with Gasteiger partial charge < -0.3 is 11.1 Å². The van der Waals surface area contributed by atoms with Gasteiger partial charge in [-0.3, -0.25) is 4.79 Å². The second-order valence-electron chi connectivity index (χ2n) is 6.12. The molecule has 0 heterocycles. The van der Waals surface area contributed by atoms with Gasteiger partial charge in [-0.15, -0.1) is 0 Å². The summed E-state index contributed by atoms with van der Waals surface area (Å²) < 4.78 is 0. The Balaban J connectivity index is 1.91. The second-order valence-corrected chi connectivity index (χ2v) is 6.12. The zero-order valence-electron chi connectivity index (χ0n) is 10.5. The summed E-state index contributed by atoms with van der Waals surface area (Å²) in [5.74, 6) is 1.09. The zero-order chi connectivity index (χ0) is 11.8. The molecule has 0 radical (unpaired) electrons. The molecular formula is C13H24N2O. The number of hydrogen-bond donors (Lipinski definition) is 2. The van der Waals surface area contributed by atoms with Gasteiger partial charge in [0.25, 0.3) is 0 Å². The summed E-state index contributed by atoms with van der Waals surface area (Å²) in [5.41, 5.74) is 5.89. The monoisotopic (exact) mass is 224 g/mol.